The molecule has 14 heavy (non-hydrogen) atoms. The van der Waals surface area contributed by atoms with Gasteiger partial charge in [0.05, 0.1) is 0 Å². The van der Waals surface area contributed by atoms with Gasteiger partial charge in [-0.1, -0.05) is 0 Å². The fraction of sp³-hybridized carbons (Fsp3) is 0.600. The largest absolute Gasteiger partial charge is 0.396 e. The lowest BCUT2D eigenvalue weighted by atomic mass is 10.0. The molecule has 0 aromatic carbocycles. The SMILES string of the molecule is O=C1C=CC(=O)N1CC1(CCO)CC1. The van der Waals surface area contributed by atoms with E-state index < -0.39 is 0 Å². The first-order chi connectivity index (χ1) is 6.67. The zero-order valence-corrected chi connectivity index (χ0v) is 7.90. The fourth-order valence-corrected chi connectivity index (χ4v) is 1.82. The number of hydrogen-bond acceptors (Lipinski definition) is 3. The summed E-state index contributed by atoms with van der Waals surface area (Å²) in [5.41, 5.74) is 0.0199. The van der Waals surface area contributed by atoms with Crippen LogP contribution in [-0.4, -0.2) is 35.0 Å². The lowest BCUT2D eigenvalue weighted by molar-refractivity contribution is -0.137. The van der Waals surface area contributed by atoms with Gasteiger partial charge in [-0.05, 0) is 24.7 Å². The molecule has 2 rings (SSSR count). The number of amides is 2. The van der Waals surface area contributed by atoms with Crippen molar-refractivity contribution in [3.05, 3.63) is 12.2 Å². The summed E-state index contributed by atoms with van der Waals surface area (Å²) in [6, 6.07) is 0. The second kappa shape index (κ2) is 3.20. The number of hydrogen-bond donors (Lipinski definition) is 1. The molecule has 0 unspecified atom stereocenters. The number of aliphatic hydroxyl groups is 1. The Bertz CT molecular complexity index is 286. The van der Waals surface area contributed by atoms with Gasteiger partial charge in [-0.15, -0.1) is 0 Å². The quantitative estimate of drug-likeness (QED) is 0.646. The molecule has 1 fully saturated rings. The van der Waals surface area contributed by atoms with Crippen LogP contribution in [-0.2, 0) is 9.59 Å². The minimum atomic E-state index is -0.223. The van der Waals surface area contributed by atoms with Gasteiger partial charge in [0.1, 0.15) is 0 Å². The van der Waals surface area contributed by atoms with E-state index in [1.807, 2.05) is 0 Å². The van der Waals surface area contributed by atoms with Crippen LogP contribution < -0.4 is 0 Å². The van der Waals surface area contributed by atoms with Crippen molar-refractivity contribution in [2.45, 2.75) is 19.3 Å². The standard InChI is InChI=1S/C10H13NO3/c12-6-5-10(3-4-10)7-11-8(13)1-2-9(11)14/h1-2,12H,3-7H2. The van der Waals surface area contributed by atoms with Gasteiger partial charge < -0.3 is 5.11 Å². The molecule has 0 aromatic rings. The van der Waals surface area contributed by atoms with Crippen LogP contribution in [0.1, 0.15) is 19.3 Å². The molecule has 0 bridgehead atoms. The molecule has 1 aliphatic carbocycles. The molecular weight excluding hydrogens is 182 g/mol. The van der Waals surface area contributed by atoms with Crippen LogP contribution in [0.5, 0.6) is 0 Å². The average molecular weight is 195 g/mol. The van der Waals surface area contributed by atoms with E-state index in [1.165, 1.54) is 17.1 Å². The first-order valence-electron chi connectivity index (χ1n) is 4.81. The van der Waals surface area contributed by atoms with Crippen molar-refractivity contribution < 1.29 is 14.7 Å². The van der Waals surface area contributed by atoms with E-state index in [0.717, 1.165) is 12.8 Å². The summed E-state index contributed by atoms with van der Waals surface area (Å²) >= 11 is 0. The third-order valence-electron chi connectivity index (χ3n) is 2.99. The van der Waals surface area contributed by atoms with Crippen LogP contribution in [0.2, 0.25) is 0 Å². The number of rotatable bonds is 4. The molecule has 0 saturated heterocycles. The van der Waals surface area contributed by atoms with Gasteiger partial charge in [-0.2, -0.15) is 0 Å². The van der Waals surface area contributed by atoms with E-state index >= 15 is 0 Å². The fourth-order valence-electron chi connectivity index (χ4n) is 1.82. The van der Waals surface area contributed by atoms with Gasteiger partial charge in [0, 0.05) is 25.3 Å². The number of nitrogens with zero attached hydrogens (tertiary/aromatic N) is 1. The predicted octanol–water partition coefficient (Wildman–Crippen LogP) is 0.0740. The Morgan fingerprint density at radius 1 is 1.29 bits per heavy atom. The molecule has 2 amide bonds. The van der Waals surface area contributed by atoms with Crippen molar-refractivity contribution in [2.75, 3.05) is 13.2 Å². The summed E-state index contributed by atoms with van der Waals surface area (Å²) in [6.07, 6.45) is 5.30. The van der Waals surface area contributed by atoms with Crippen molar-refractivity contribution >= 4 is 11.8 Å². The molecule has 1 N–H and O–H groups in total. The van der Waals surface area contributed by atoms with Gasteiger partial charge in [0.2, 0.25) is 0 Å². The van der Waals surface area contributed by atoms with Crippen molar-refractivity contribution in [3.63, 3.8) is 0 Å². The van der Waals surface area contributed by atoms with Gasteiger partial charge in [0.15, 0.2) is 0 Å². The highest BCUT2D eigenvalue weighted by molar-refractivity contribution is 6.12. The molecule has 1 aliphatic heterocycles. The lowest BCUT2D eigenvalue weighted by Gasteiger charge is -2.20. The second-order valence-electron chi connectivity index (χ2n) is 4.07. The summed E-state index contributed by atoms with van der Waals surface area (Å²) < 4.78 is 0. The van der Waals surface area contributed by atoms with Crippen molar-refractivity contribution in [1.29, 1.82) is 0 Å². The normalized spacial score (nSPS) is 23.4. The van der Waals surface area contributed by atoms with E-state index in [4.69, 9.17) is 5.11 Å². The van der Waals surface area contributed by atoms with E-state index in [1.54, 1.807) is 0 Å². The Balaban J connectivity index is 1.98. The van der Waals surface area contributed by atoms with E-state index in [0.29, 0.717) is 13.0 Å². The average Bonchev–Trinajstić information content (AvgIpc) is 2.84. The number of imide groups is 1. The molecular formula is C10H13NO3. The summed E-state index contributed by atoms with van der Waals surface area (Å²) in [7, 11) is 0. The molecule has 1 saturated carbocycles. The van der Waals surface area contributed by atoms with Crippen LogP contribution in [0.25, 0.3) is 0 Å². The van der Waals surface area contributed by atoms with E-state index in [2.05, 4.69) is 0 Å². The maximum absolute atomic E-state index is 11.3. The van der Waals surface area contributed by atoms with Crippen LogP contribution in [0.4, 0.5) is 0 Å². The number of aliphatic hydroxyl groups excluding tert-OH is 1. The second-order valence-corrected chi connectivity index (χ2v) is 4.07. The van der Waals surface area contributed by atoms with Crippen LogP contribution in [0.3, 0.4) is 0 Å². The maximum atomic E-state index is 11.3. The number of carbonyl (C=O) groups excluding carboxylic acids is 2. The third kappa shape index (κ3) is 1.57. The zero-order valence-electron chi connectivity index (χ0n) is 7.90. The summed E-state index contributed by atoms with van der Waals surface area (Å²) in [5, 5.41) is 8.84. The topological polar surface area (TPSA) is 57.6 Å². The zero-order chi connectivity index (χ0) is 10.2. The summed E-state index contributed by atoms with van der Waals surface area (Å²) in [5.74, 6) is -0.446. The molecule has 1 heterocycles. The van der Waals surface area contributed by atoms with E-state index in [-0.39, 0.29) is 23.8 Å². The highest BCUT2D eigenvalue weighted by Crippen LogP contribution is 2.49. The smallest absolute Gasteiger partial charge is 0.253 e. The minimum absolute atomic E-state index is 0.0199. The van der Waals surface area contributed by atoms with Crippen molar-refractivity contribution in [2.24, 2.45) is 5.41 Å². The maximum Gasteiger partial charge on any atom is 0.253 e. The molecule has 76 valence electrons. The highest BCUT2D eigenvalue weighted by Gasteiger charge is 2.45. The minimum Gasteiger partial charge on any atom is -0.396 e. The molecule has 4 nitrogen and oxygen atoms in total. The Hall–Kier alpha value is -1.16. The third-order valence-corrected chi connectivity index (χ3v) is 2.99. The summed E-state index contributed by atoms with van der Waals surface area (Å²) in [6.45, 7) is 0.599. The van der Waals surface area contributed by atoms with Gasteiger partial charge in [0.25, 0.3) is 11.8 Å². The van der Waals surface area contributed by atoms with Crippen molar-refractivity contribution in [1.82, 2.24) is 4.90 Å². The van der Waals surface area contributed by atoms with Gasteiger partial charge >= 0.3 is 0 Å². The molecule has 0 atom stereocenters. The van der Waals surface area contributed by atoms with Crippen LogP contribution in [0, 0.1) is 5.41 Å². The molecule has 4 heteroatoms. The van der Waals surface area contributed by atoms with E-state index in [9.17, 15) is 9.59 Å². The van der Waals surface area contributed by atoms with Crippen molar-refractivity contribution in [3.8, 4) is 0 Å². The predicted molar refractivity (Wildman–Crippen MR) is 49.2 cm³/mol. The van der Waals surface area contributed by atoms with Gasteiger partial charge in [-0.3, -0.25) is 14.5 Å². The molecule has 0 aromatic heterocycles. The number of carbonyl (C=O) groups is 2. The van der Waals surface area contributed by atoms with Gasteiger partial charge in [-0.25, -0.2) is 0 Å². The highest BCUT2D eigenvalue weighted by atomic mass is 16.3. The Kier molecular flexibility index (Phi) is 2.15. The first kappa shape index (κ1) is 9.40. The Morgan fingerprint density at radius 2 is 1.86 bits per heavy atom. The lowest BCUT2D eigenvalue weighted by Crippen LogP contribution is -2.35. The summed E-state index contributed by atoms with van der Waals surface area (Å²) in [4.78, 5) is 23.8. The Labute approximate surface area is 82.2 Å². The molecule has 2 aliphatic rings. The molecule has 0 radical (unpaired) electrons. The molecule has 0 spiro atoms. The van der Waals surface area contributed by atoms with Crippen LogP contribution >= 0.6 is 0 Å². The Morgan fingerprint density at radius 3 is 2.29 bits per heavy atom. The van der Waals surface area contributed by atoms with Crippen LogP contribution in [0.15, 0.2) is 12.2 Å². The first-order valence-corrected chi connectivity index (χ1v) is 4.81. The monoisotopic (exact) mass is 195 g/mol.